The molecule has 1 N–H and O–H groups in total. The Morgan fingerprint density at radius 2 is 1.84 bits per heavy atom. The van der Waals surface area contributed by atoms with Crippen molar-refractivity contribution in [2.75, 3.05) is 19.0 Å². The van der Waals surface area contributed by atoms with E-state index in [1.54, 1.807) is 0 Å². The first-order valence-corrected chi connectivity index (χ1v) is 8.24. The number of alkyl halides is 1. The molecule has 0 radical (unpaired) electrons. The highest BCUT2D eigenvalue weighted by Gasteiger charge is 2.25. The van der Waals surface area contributed by atoms with Crippen LogP contribution in [0, 0.1) is 11.8 Å². The lowest BCUT2D eigenvalue weighted by molar-refractivity contribution is 0.394. The summed E-state index contributed by atoms with van der Waals surface area (Å²) in [7, 11) is 0. The van der Waals surface area contributed by atoms with E-state index >= 15 is 0 Å². The highest BCUT2D eigenvalue weighted by molar-refractivity contribution is 6.18. The van der Waals surface area contributed by atoms with Gasteiger partial charge in [0.05, 0.1) is 0 Å². The molecule has 1 fully saturated rings. The van der Waals surface area contributed by atoms with Gasteiger partial charge in [0.1, 0.15) is 0 Å². The van der Waals surface area contributed by atoms with Gasteiger partial charge in [-0.2, -0.15) is 0 Å². The van der Waals surface area contributed by atoms with Crippen LogP contribution in [-0.4, -0.2) is 19.0 Å². The van der Waals surface area contributed by atoms with Gasteiger partial charge in [-0.3, -0.25) is 0 Å². The molecule has 0 aromatic heterocycles. The molecular formula is C17H26ClN. The molecule has 0 bridgehead atoms. The van der Waals surface area contributed by atoms with E-state index < -0.39 is 0 Å². The second-order valence-electron chi connectivity index (χ2n) is 5.75. The van der Waals surface area contributed by atoms with Crippen molar-refractivity contribution in [1.29, 1.82) is 0 Å². The number of halogens is 1. The lowest BCUT2D eigenvalue weighted by Gasteiger charge is -2.17. The summed E-state index contributed by atoms with van der Waals surface area (Å²) >= 11 is 6.01. The molecule has 1 aliphatic rings. The Balaban J connectivity index is 1.50. The summed E-state index contributed by atoms with van der Waals surface area (Å²) in [6.45, 7) is 2.32. The van der Waals surface area contributed by atoms with Crippen molar-refractivity contribution in [2.45, 2.75) is 38.5 Å². The van der Waals surface area contributed by atoms with Crippen molar-refractivity contribution in [3.63, 3.8) is 0 Å². The normalized spacial score (nSPS) is 22.8. The minimum atomic E-state index is 0.762. The molecule has 1 aromatic rings. The van der Waals surface area contributed by atoms with Crippen LogP contribution in [0.5, 0.6) is 0 Å². The molecule has 0 spiro atoms. The average molecular weight is 280 g/mol. The van der Waals surface area contributed by atoms with Gasteiger partial charge < -0.3 is 5.32 Å². The molecule has 0 aliphatic heterocycles. The summed E-state index contributed by atoms with van der Waals surface area (Å²) in [5, 5.41) is 3.62. The Morgan fingerprint density at radius 3 is 2.63 bits per heavy atom. The smallest absolute Gasteiger partial charge is 0.0254 e. The zero-order chi connectivity index (χ0) is 13.3. The first kappa shape index (κ1) is 14.9. The second kappa shape index (κ2) is 8.60. The van der Waals surface area contributed by atoms with Gasteiger partial charge in [-0.05, 0) is 62.6 Å². The van der Waals surface area contributed by atoms with Crippen LogP contribution >= 0.6 is 11.6 Å². The molecule has 0 saturated heterocycles. The van der Waals surface area contributed by atoms with E-state index in [1.807, 2.05) is 0 Å². The van der Waals surface area contributed by atoms with E-state index in [0.29, 0.717) is 0 Å². The molecule has 0 heterocycles. The summed E-state index contributed by atoms with van der Waals surface area (Å²) in [4.78, 5) is 0. The molecular weight excluding hydrogens is 254 g/mol. The number of hydrogen-bond donors (Lipinski definition) is 1. The summed E-state index contributed by atoms with van der Waals surface area (Å²) in [5.74, 6) is 2.44. The SMILES string of the molecule is ClCC1CCCC1CNCCCCc1ccccc1. The highest BCUT2D eigenvalue weighted by atomic mass is 35.5. The molecule has 2 rings (SSSR count). The van der Waals surface area contributed by atoms with Gasteiger partial charge in [-0.25, -0.2) is 0 Å². The lowest BCUT2D eigenvalue weighted by Crippen LogP contribution is -2.26. The zero-order valence-corrected chi connectivity index (χ0v) is 12.5. The van der Waals surface area contributed by atoms with Crippen LogP contribution in [-0.2, 0) is 6.42 Å². The van der Waals surface area contributed by atoms with Crippen LogP contribution in [0.15, 0.2) is 30.3 Å². The number of rotatable bonds is 8. The predicted molar refractivity (Wildman–Crippen MR) is 83.8 cm³/mol. The van der Waals surface area contributed by atoms with E-state index in [4.69, 9.17) is 11.6 Å². The van der Waals surface area contributed by atoms with Crippen molar-refractivity contribution in [1.82, 2.24) is 5.32 Å². The third kappa shape index (κ3) is 5.16. The topological polar surface area (TPSA) is 12.0 Å². The number of hydrogen-bond acceptors (Lipinski definition) is 1. The maximum absolute atomic E-state index is 6.01. The molecule has 1 saturated carbocycles. The van der Waals surface area contributed by atoms with Crippen molar-refractivity contribution >= 4 is 11.6 Å². The Hall–Kier alpha value is -0.530. The molecule has 0 amide bonds. The maximum atomic E-state index is 6.01. The quantitative estimate of drug-likeness (QED) is 0.554. The van der Waals surface area contributed by atoms with Crippen molar-refractivity contribution in [2.24, 2.45) is 11.8 Å². The van der Waals surface area contributed by atoms with Crippen LogP contribution < -0.4 is 5.32 Å². The number of unbranched alkanes of at least 4 members (excludes halogenated alkanes) is 1. The predicted octanol–water partition coefficient (Wildman–Crippen LogP) is 4.25. The van der Waals surface area contributed by atoms with Crippen LogP contribution in [0.25, 0.3) is 0 Å². The highest BCUT2D eigenvalue weighted by Crippen LogP contribution is 2.31. The van der Waals surface area contributed by atoms with Gasteiger partial charge in [0.15, 0.2) is 0 Å². The standard InChI is InChI=1S/C17H26ClN/c18-13-16-10-6-11-17(16)14-19-12-5-4-9-15-7-2-1-3-8-15/h1-3,7-8,16-17,19H,4-6,9-14H2. The summed E-state index contributed by atoms with van der Waals surface area (Å²) in [5.41, 5.74) is 1.46. The van der Waals surface area contributed by atoms with E-state index in [1.165, 1.54) is 50.6 Å². The number of aryl methyl sites for hydroxylation is 1. The van der Waals surface area contributed by atoms with E-state index in [-0.39, 0.29) is 0 Å². The summed E-state index contributed by atoms with van der Waals surface area (Å²) in [6, 6.07) is 10.8. The first-order valence-electron chi connectivity index (χ1n) is 7.70. The number of benzene rings is 1. The fraction of sp³-hybridized carbons (Fsp3) is 0.647. The summed E-state index contributed by atoms with van der Waals surface area (Å²) < 4.78 is 0. The van der Waals surface area contributed by atoms with Crippen molar-refractivity contribution in [3.05, 3.63) is 35.9 Å². The van der Waals surface area contributed by atoms with Gasteiger partial charge in [0, 0.05) is 5.88 Å². The van der Waals surface area contributed by atoms with Gasteiger partial charge >= 0.3 is 0 Å². The lowest BCUT2D eigenvalue weighted by atomic mass is 9.98. The minimum absolute atomic E-state index is 0.762. The van der Waals surface area contributed by atoms with Gasteiger partial charge in [-0.1, -0.05) is 36.8 Å². The third-order valence-electron chi connectivity index (χ3n) is 4.33. The molecule has 1 aliphatic carbocycles. The maximum Gasteiger partial charge on any atom is 0.0254 e. The van der Waals surface area contributed by atoms with Crippen LogP contribution in [0.4, 0.5) is 0 Å². The first-order chi connectivity index (χ1) is 9.40. The summed E-state index contributed by atoms with van der Waals surface area (Å²) in [6.07, 6.45) is 7.83. The van der Waals surface area contributed by atoms with Crippen molar-refractivity contribution < 1.29 is 0 Å². The fourth-order valence-corrected chi connectivity index (χ4v) is 3.50. The number of nitrogens with one attached hydrogen (secondary N) is 1. The fourth-order valence-electron chi connectivity index (χ4n) is 3.10. The molecule has 2 heteroatoms. The Bertz CT molecular complexity index is 338. The van der Waals surface area contributed by atoms with Crippen LogP contribution in [0.2, 0.25) is 0 Å². The second-order valence-corrected chi connectivity index (χ2v) is 6.06. The average Bonchev–Trinajstić information content (AvgIpc) is 2.91. The Morgan fingerprint density at radius 1 is 1.05 bits per heavy atom. The largest absolute Gasteiger partial charge is 0.316 e. The third-order valence-corrected chi connectivity index (χ3v) is 4.73. The molecule has 2 unspecified atom stereocenters. The Kier molecular flexibility index (Phi) is 6.73. The molecule has 106 valence electrons. The van der Waals surface area contributed by atoms with Crippen LogP contribution in [0.3, 0.4) is 0 Å². The van der Waals surface area contributed by atoms with Gasteiger partial charge in [-0.15, -0.1) is 11.6 Å². The monoisotopic (exact) mass is 279 g/mol. The molecule has 19 heavy (non-hydrogen) atoms. The van der Waals surface area contributed by atoms with E-state index in [2.05, 4.69) is 35.6 Å². The molecule has 1 aromatic carbocycles. The van der Waals surface area contributed by atoms with E-state index in [9.17, 15) is 0 Å². The van der Waals surface area contributed by atoms with Crippen molar-refractivity contribution in [3.8, 4) is 0 Å². The van der Waals surface area contributed by atoms with Gasteiger partial charge in [0.25, 0.3) is 0 Å². The zero-order valence-electron chi connectivity index (χ0n) is 11.8. The molecule has 2 atom stereocenters. The van der Waals surface area contributed by atoms with Crippen LogP contribution in [0.1, 0.15) is 37.7 Å². The minimum Gasteiger partial charge on any atom is -0.316 e. The van der Waals surface area contributed by atoms with Gasteiger partial charge in [0.2, 0.25) is 0 Å². The molecule has 1 nitrogen and oxygen atoms in total. The Labute approximate surface area is 122 Å². The van der Waals surface area contributed by atoms with E-state index in [0.717, 1.165) is 24.3 Å².